The van der Waals surface area contributed by atoms with Crippen molar-refractivity contribution in [1.29, 1.82) is 0 Å². The first-order chi connectivity index (χ1) is 9.45. The fourth-order valence-corrected chi connectivity index (χ4v) is 2.37. The van der Waals surface area contributed by atoms with Gasteiger partial charge in [0.05, 0.1) is 19.8 Å². The van der Waals surface area contributed by atoms with E-state index in [9.17, 15) is 5.11 Å². The van der Waals surface area contributed by atoms with Crippen LogP contribution in [0.3, 0.4) is 0 Å². The van der Waals surface area contributed by atoms with Crippen molar-refractivity contribution in [3.63, 3.8) is 0 Å². The highest BCUT2D eigenvalue weighted by atomic mass is 16.5. The Kier molecular flexibility index (Phi) is 6.34. The zero-order chi connectivity index (χ0) is 15.2. The molecule has 3 heteroatoms. The second-order valence-electron chi connectivity index (χ2n) is 5.65. The summed E-state index contributed by atoms with van der Waals surface area (Å²) in [5.41, 5.74) is -0.0343. The molecule has 1 rings (SSSR count). The summed E-state index contributed by atoms with van der Waals surface area (Å²) < 4.78 is 10.6. The van der Waals surface area contributed by atoms with Crippen LogP contribution >= 0.6 is 0 Å². The van der Waals surface area contributed by atoms with Crippen LogP contribution in [0.25, 0.3) is 0 Å². The first-order valence-corrected chi connectivity index (χ1v) is 7.41. The predicted molar refractivity (Wildman–Crippen MR) is 82.4 cm³/mol. The van der Waals surface area contributed by atoms with Crippen molar-refractivity contribution in [1.82, 2.24) is 0 Å². The smallest absolute Gasteiger partial charge is 0.122 e. The Morgan fingerprint density at radius 2 is 1.65 bits per heavy atom. The minimum absolute atomic E-state index is 0.186. The summed E-state index contributed by atoms with van der Waals surface area (Å²) in [7, 11) is 3.25. The molecule has 20 heavy (non-hydrogen) atoms. The van der Waals surface area contributed by atoms with Gasteiger partial charge in [0, 0.05) is 6.07 Å². The molecular formula is C17H28O3. The van der Waals surface area contributed by atoms with Gasteiger partial charge in [-0.3, -0.25) is 0 Å². The molecular weight excluding hydrogens is 252 g/mol. The Bertz CT molecular complexity index is 390. The topological polar surface area (TPSA) is 38.7 Å². The van der Waals surface area contributed by atoms with Crippen molar-refractivity contribution in [2.24, 2.45) is 5.92 Å². The largest absolute Gasteiger partial charge is 0.497 e. The lowest BCUT2D eigenvalue weighted by atomic mass is 9.81. The normalized spacial score (nSPS) is 15.5. The van der Waals surface area contributed by atoms with Crippen LogP contribution in [-0.2, 0) is 5.60 Å². The molecule has 1 N–H and O–H groups in total. The second-order valence-corrected chi connectivity index (χ2v) is 5.65. The molecule has 0 amide bonds. The monoisotopic (exact) mass is 280 g/mol. The molecule has 0 aliphatic heterocycles. The number of unbranched alkanes of at least 4 members (excludes halogenated alkanes) is 2. The van der Waals surface area contributed by atoms with Gasteiger partial charge in [0.1, 0.15) is 11.5 Å². The van der Waals surface area contributed by atoms with E-state index in [1.165, 1.54) is 12.8 Å². The summed E-state index contributed by atoms with van der Waals surface area (Å²) in [6.07, 6.45) is 4.57. The van der Waals surface area contributed by atoms with E-state index >= 15 is 0 Å². The second kappa shape index (κ2) is 7.53. The van der Waals surface area contributed by atoms with Gasteiger partial charge < -0.3 is 14.6 Å². The molecule has 0 heterocycles. The van der Waals surface area contributed by atoms with Gasteiger partial charge in [-0.1, -0.05) is 33.1 Å². The number of hydrogen-bond acceptors (Lipinski definition) is 3. The predicted octanol–water partition coefficient (Wildman–Crippen LogP) is 4.13. The lowest BCUT2D eigenvalue weighted by Gasteiger charge is -2.31. The molecule has 0 aliphatic carbocycles. The van der Waals surface area contributed by atoms with Crippen LogP contribution in [-0.4, -0.2) is 19.3 Å². The van der Waals surface area contributed by atoms with Crippen LogP contribution in [0.15, 0.2) is 18.2 Å². The summed E-state index contributed by atoms with van der Waals surface area (Å²) in [6.45, 7) is 6.16. The molecule has 0 bridgehead atoms. The Balaban J connectivity index is 2.94. The highest BCUT2D eigenvalue weighted by Gasteiger charge is 2.31. The molecule has 3 nitrogen and oxygen atoms in total. The van der Waals surface area contributed by atoms with Gasteiger partial charge in [0.15, 0.2) is 0 Å². The maximum Gasteiger partial charge on any atom is 0.122 e. The maximum absolute atomic E-state index is 10.9. The third-order valence-electron chi connectivity index (χ3n) is 4.14. The van der Waals surface area contributed by atoms with Crippen molar-refractivity contribution < 1.29 is 14.6 Å². The summed E-state index contributed by atoms with van der Waals surface area (Å²) in [5.74, 6) is 1.60. The quantitative estimate of drug-likeness (QED) is 0.728. The van der Waals surface area contributed by atoms with Gasteiger partial charge in [0.25, 0.3) is 0 Å². The van der Waals surface area contributed by atoms with Crippen molar-refractivity contribution in [3.8, 4) is 11.5 Å². The molecule has 0 fully saturated rings. The van der Waals surface area contributed by atoms with E-state index in [-0.39, 0.29) is 5.92 Å². The fourth-order valence-electron chi connectivity index (χ4n) is 2.37. The SMILES string of the molecule is CCCCC[C@@H](C)[C@@](C)(O)c1cc(OC)cc(OC)c1. The van der Waals surface area contributed by atoms with E-state index in [4.69, 9.17) is 9.47 Å². The first-order valence-electron chi connectivity index (χ1n) is 7.41. The van der Waals surface area contributed by atoms with Crippen LogP contribution in [0.1, 0.15) is 52.0 Å². The number of aliphatic hydroxyl groups is 1. The van der Waals surface area contributed by atoms with Crippen molar-refractivity contribution >= 4 is 0 Å². The molecule has 1 aromatic rings. The van der Waals surface area contributed by atoms with E-state index in [0.717, 1.165) is 18.4 Å². The van der Waals surface area contributed by atoms with E-state index in [1.54, 1.807) is 14.2 Å². The van der Waals surface area contributed by atoms with Gasteiger partial charge in [-0.15, -0.1) is 0 Å². The van der Waals surface area contributed by atoms with Gasteiger partial charge in [-0.05, 0) is 37.0 Å². The van der Waals surface area contributed by atoms with Crippen molar-refractivity contribution in [3.05, 3.63) is 23.8 Å². The third-order valence-corrected chi connectivity index (χ3v) is 4.14. The molecule has 0 saturated heterocycles. The minimum Gasteiger partial charge on any atom is -0.497 e. The van der Waals surface area contributed by atoms with E-state index in [0.29, 0.717) is 11.5 Å². The highest BCUT2D eigenvalue weighted by Crippen LogP contribution is 2.36. The standard InChI is InChI=1S/C17H28O3/c1-6-7-8-9-13(2)17(3,18)14-10-15(19-4)12-16(11-14)20-5/h10-13,18H,6-9H2,1-5H3/t13-,17-/m1/s1. The molecule has 0 saturated carbocycles. The van der Waals surface area contributed by atoms with Crippen LogP contribution in [0, 0.1) is 5.92 Å². The molecule has 0 aliphatic rings. The van der Waals surface area contributed by atoms with Crippen LogP contribution in [0.4, 0.5) is 0 Å². The van der Waals surface area contributed by atoms with Gasteiger partial charge >= 0.3 is 0 Å². The average Bonchev–Trinajstić information content (AvgIpc) is 2.46. The molecule has 114 valence electrons. The van der Waals surface area contributed by atoms with Gasteiger partial charge in [0.2, 0.25) is 0 Å². The Morgan fingerprint density at radius 1 is 1.10 bits per heavy atom. The number of methoxy groups -OCH3 is 2. The molecule has 0 aromatic heterocycles. The zero-order valence-electron chi connectivity index (χ0n) is 13.4. The van der Waals surface area contributed by atoms with Gasteiger partial charge in [-0.25, -0.2) is 0 Å². The lowest BCUT2D eigenvalue weighted by molar-refractivity contribution is -0.00319. The molecule has 0 radical (unpaired) electrons. The summed E-state index contributed by atoms with van der Waals surface area (Å²) in [6, 6.07) is 5.60. The van der Waals surface area contributed by atoms with Crippen LogP contribution in [0.2, 0.25) is 0 Å². The van der Waals surface area contributed by atoms with E-state index < -0.39 is 5.60 Å². The molecule has 1 aromatic carbocycles. The number of ether oxygens (including phenoxy) is 2. The average molecular weight is 280 g/mol. The molecule has 0 unspecified atom stereocenters. The molecule has 0 spiro atoms. The number of rotatable bonds is 8. The number of benzene rings is 1. The Labute approximate surface area is 122 Å². The van der Waals surface area contributed by atoms with Gasteiger partial charge in [-0.2, -0.15) is 0 Å². The number of hydrogen-bond donors (Lipinski definition) is 1. The highest BCUT2D eigenvalue weighted by molar-refractivity contribution is 5.41. The van der Waals surface area contributed by atoms with Crippen LogP contribution in [0.5, 0.6) is 11.5 Å². The Morgan fingerprint density at radius 3 is 2.10 bits per heavy atom. The van der Waals surface area contributed by atoms with Crippen LogP contribution < -0.4 is 9.47 Å². The lowest BCUT2D eigenvalue weighted by Crippen LogP contribution is -2.30. The van der Waals surface area contributed by atoms with Crippen molar-refractivity contribution in [2.75, 3.05) is 14.2 Å². The summed E-state index contributed by atoms with van der Waals surface area (Å²) >= 11 is 0. The summed E-state index contributed by atoms with van der Waals surface area (Å²) in [4.78, 5) is 0. The fraction of sp³-hybridized carbons (Fsp3) is 0.647. The summed E-state index contributed by atoms with van der Waals surface area (Å²) in [5, 5.41) is 10.9. The van der Waals surface area contributed by atoms with Crippen molar-refractivity contribution in [2.45, 2.75) is 52.1 Å². The van der Waals surface area contributed by atoms with E-state index in [1.807, 2.05) is 25.1 Å². The maximum atomic E-state index is 10.9. The minimum atomic E-state index is -0.879. The Hall–Kier alpha value is -1.22. The first kappa shape index (κ1) is 16.8. The molecule has 2 atom stereocenters. The zero-order valence-corrected chi connectivity index (χ0v) is 13.4. The third kappa shape index (κ3) is 4.14. The van der Waals surface area contributed by atoms with E-state index in [2.05, 4.69) is 13.8 Å².